The molecule has 3 aromatic rings. The van der Waals surface area contributed by atoms with Crippen LogP contribution < -0.4 is 10.1 Å². The van der Waals surface area contributed by atoms with Crippen LogP contribution in [0.1, 0.15) is 38.5 Å². The first-order chi connectivity index (χ1) is 14.3. The number of nitrogens with one attached hydrogen (secondary N) is 1. The maximum atomic E-state index is 12.5. The van der Waals surface area contributed by atoms with Gasteiger partial charge in [-0.25, -0.2) is 4.79 Å². The van der Waals surface area contributed by atoms with Crippen LogP contribution in [-0.2, 0) is 16.1 Å². The van der Waals surface area contributed by atoms with Gasteiger partial charge in [0.15, 0.2) is 6.61 Å². The van der Waals surface area contributed by atoms with Crippen LogP contribution in [0.4, 0.5) is 5.69 Å². The Labute approximate surface area is 175 Å². The lowest BCUT2D eigenvalue weighted by molar-refractivity contribution is -0.119. The highest BCUT2D eigenvalue weighted by Gasteiger charge is 2.17. The van der Waals surface area contributed by atoms with E-state index in [1.807, 2.05) is 39.0 Å². The van der Waals surface area contributed by atoms with Crippen molar-refractivity contribution in [3.8, 4) is 5.75 Å². The SMILES string of the molecule is Cc1ccc(NC(=O)COC(=O)c2ccccc2OCc2c(C)noc2C)c(C)c1. The number of hydrogen-bond acceptors (Lipinski definition) is 6. The molecule has 7 heteroatoms. The fourth-order valence-electron chi connectivity index (χ4n) is 2.97. The van der Waals surface area contributed by atoms with Gasteiger partial charge in [-0.15, -0.1) is 0 Å². The number of ether oxygens (including phenoxy) is 2. The Hall–Kier alpha value is -3.61. The van der Waals surface area contributed by atoms with Gasteiger partial charge in [0.1, 0.15) is 23.7 Å². The lowest BCUT2D eigenvalue weighted by Crippen LogP contribution is -2.21. The van der Waals surface area contributed by atoms with Gasteiger partial charge in [0.2, 0.25) is 0 Å². The molecule has 1 heterocycles. The smallest absolute Gasteiger partial charge is 0.342 e. The zero-order chi connectivity index (χ0) is 21.7. The molecule has 3 rings (SSSR count). The molecule has 156 valence electrons. The Morgan fingerprint density at radius 1 is 1.07 bits per heavy atom. The number of anilines is 1. The van der Waals surface area contributed by atoms with Crippen LogP contribution >= 0.6 is 0 Å². The van der Waals surface area contributed by atoms with Crippen molar-refractivity contribution in [2.24, 2.45) is 0 Å². The minimum Gasteiger partial charge on any atom is -0.488 e. The average molecular weight is 408 g/mol. The number of benzene rings is 2. The summed E-state index contributed by atoms with van der Waals surface area (Å²) in [5, 5.41) is 6.64. The minimum absolute atomic E-state index is 0.207. The molecule has 0 bridgehead atoms. The second-order valence-electron chi connectivity index (χ2n) is 7.03. The third kappa shape index (κ3) is 5.05. The van der Waals surface area contributed by atoms with E-state index in [9.17, 15) is 9.59 Å². The molecule has 0 aliphatic carbocycles. The summed E-state index contributed by atoms with van der Waals surface area (Å²) in [7, 11) is 0. The summed E-state index contributed by atoms with van der Waals surface area (Å²) >= 11 is 0. The molecule has 1 amide bonds. The number of hydrogen-bond donors (Lipinski definition) is 1. The van der Waals surface area contributed by atoms with Crippen molar-refractivity contribution in [2.75, 3.05) is 11.9 Å². The molecular formula is C23H24N2O5. The average Bonchev–Trinajstić information content (AvgIpc) is 3.04. The highest BCUT2D eigenvalue weighted by atomic mass is 16.5. The minimum atomic E-state index is -0.639. The Bertz CT molecular complexity index is 1050. The maximum absolute atomic E-state index is 12.5. The van der Waals surface area contributed by atoms with E-state index in [-0.39, 0.29) is 12.2 Å². The predicted molar refractivity (Wildman–Crippen MR) is 112 cm³/mol. The second-order valence-corrected chi connectivity index (χ2v) is 7.03. The van der Waals surface area contributed by atoms with Gasteiger partial charge in [0.25, 0.3) is 5.91 Å². The van der Waals surface area contributed by atoms with Crippen LogP contribution in [0.15, 0.2) is 47.0 Å². The fraction of sp³-hybridized carbons (Fsp3) is 0.261. The highest BCUT2D eigenvalue weighted by molar-refractivity contribution is 5.97. The van der Waals surface area contributed by atoms with E-state index in [0.29, 0.717) is 17.2 Å². The van der Waals surface area contributed by atoms with E-state index in [1.54, 1.807) is 31.2 Å². The molecule has 0 spiro atoms. The summed E-state index contributed by atoms with van der Waals surface area (Å²) in [6, 6.07) is 12.4. The van der Waals surface area contributed by atoms with Crippen molar-refractivity contribution in [3.05, 3.63) is 76.2 Å². The molecule has 7 nitrogen and oxygen atoms in total. The van der Waals surface area contributed by atoms with Crippen molar-refractivity contribution in [2.45, 2.75) is 34.3 Å². The summed E-state index contributed by atoms with van der Waals surface area (Å²) < 4.78 is 16.1. The van der Waals surface area contributed by atoms with E-state index in [1.165, 1.54) is 0 Å². The predicted octanol–water partition coefficient (Wildman–Crippen LogP) is 4.28. The molecule has 1 N–H and O–H groups in total. The lowest BCUT2D eigenvalue weighted by atomic mass is 10.1. The quantitative estimate of drug-likeness (QED) is 0.587. The van der Waals surface area contributed by atoms with Gasteiger partial charge in [0, 0.05) is 5.69 Å². The molecule has 0 unspecified atom stereocenters. The van der Waals surface area contributed by atoms with Crippen LogP contribution in [0.5, 0.6) is 5.75 Å². The van der Waals surface area contributed by atoms with Gasteiger partial charge in [-0.3, -0.25) is 4.79 Å². The summed E-state index contributed by atoms with van der Waals surface area (Å²) in [6.07, 6.45) is 0. The van der Waals surface area contributed by atoms with Gasteiger partial charge < -0.3 is 19.3 Å². The Morgan fingerprint density at radius 2 is 1.83 bits per heavy atom. The summed E-state index contributed by atoms with van der Waals surface area (Å²) in [4.78, 5) is 24.7. The standard InChI is InChI=1S/C23H24N2O5/c1-14-9-10-20(15(2)11-14)24-22(26)13-29-23(27)18-7-5-6-8-21(18)28-12-19-16(3)25-30-17(19)4/h5-11H,12-13H2,1-4H3,(H,24,26). The monoisotopic (exact) mass is 408 g/mol. The number of aryl methyl sites for hydroxylation is 4. The van der Waals surface area contributed by atoms with Gasteiger partial charge >= 0.3 is 5.97 Å². The normalized spacial score (nSPS) is 10.5. The van der Waals surface area contributed by atoms with Crippen molar-refractivity contribution >= 4 is 17.6 Å². The Kier molecular flexibility index (Phi) is 6.51. The number of aromatic nitrogens is 1. The maximum Gasteiger partial charge on any atom is 0.342 e. The van der Waals surface area contributed by atoms with Crippen LogP contribution in [0, 0.1) is 27.7 Å². The van der Waals surface area contributed by atoms with E-state index in [0.717, 1.165) is 22.4 Å². The number of amides is 1. The topological polar surface area (TPSA) is 90.7 Å². The van der Waals surface area contributed by atoms with Crippen molar-refractivity contribution < 1.29 is 23.6 Å². The summed E-state index contributed by atoms with van der Waals surface area (Å²) in [5.41, 5.74) is 4.52. The van der Waals surface area contributed by atoms with Gasteiger partial charge in [-0.05, 0) is 51.5 Å². The van der Waals surface area contributed by atoms with Crippen molar-refractivity contribution in [1.82, 2.24) is 5.16 Å². The lowest BCUT2D eigenvalue weighted by Gasteiger charge is -2.12. The van der Waals surface area contributed by atoms with Crippen LogP contribution in [-0.4, -0.2) is 23.6 Å². The number of carbonyl (C=O) groups excluding carboxylic acids is 2. The first kappa shape index (κ1) is 21.1. The van der Waals surface area contributed by atoms with Crippen LogP contribution in [0.2, 0.25) is 0 Å². The third-order valence-corrected chi connectivity index (χ3v) is 4.65. The largest absolute Gasteiger partial charge is 0.488 e. The van der Waals surface area contributed by atoms with Crippen molar-refractivity contribution in [3.63, 3.8) is 0 Å². The van der Waals surface area contributed by atoms with Gasteiger partial charge in [0.05, 0.1) is 11.3 Å². The first-order valence-corrected chi connectivity index (χ1v) is 9.53. The van der Waals surface area contributed by atoms with Crippen molar-refractivity contribution in [1.29, 1.82) is 0 Å². The summed E-state index contributed by atoms with van der Waals surface area (Å²) in [5.74, 6) is -0.0301. The highest BCUT2D eigenvalue weighted by Crippen LogP contribution is 2.22. The second kappa shape index (κ2) is 9.26. The molecule has 0 fully saturated rings. The van der Waals surface area contributed by atoms with E-state index in [2.05, 4.69) is 10.5 Å². The first-order valence-electron chi connectivity index (χ1n) is 9.53. The van der Waals surface area contributed by atoms with E-state index >= 15 is 0 Å². The molecule has 0 aliphatic rings. The zero-order valence-corrected chi connectivity index (χ0v) is 17.4. The molecular weight excluding hydrogens is 384 g/mol. The third-order valence-electron chi connectivity index (χ3n) is 4.65. The molecule has 0 saturated heterocycles. The number of rotatable bonds is 7. The molecule has 0 saturated carbocycles. The van der Waals surface area contributed by atoms with E-state index in [4.69, 9.17) is 14.0 Å². The fourth-order valence-corrected chi connectivity index (χ4v) is 2.97. The number of nitrogens with zero attached hydrogens (tertiary/aromatic N) is 1. The molecule has 30 heavy (non-hydrogen) atoms. The molecule has 0 radical (unpaired) electrons. The Morgan fingerprint density at radius 3 is 2.53 bits per heavy atom. The van der Waals surface area contributed by atoms with Gasteiger partial charge in [-0.1, -0.05) is 35.0 Å². The molecule has 1 aromatic heterocycles. The molecule has 2 aromatic carbocycles. The number of carbonyl (C=O) groups is 2. The number of esters is 1. The number of para-hydroxylation sites is 1. The Balaban J connectivity index is 1.61. The zero-order valence-electron chi connectivity index (χ0n) is 17.4. The van der Waals surface area contributed by atoms with E-state index < -0.39 is 18.5 Å². The van der Waals surface area contributed by atoms with Crippen LogP contribution in [0.25, 0.3) is 0 Å². The van der Waals surface area contributed by atoms with Crippen LogP contribution in [0.3, 0.4) is 0 Å². The molecule has 0 aliphatic heterocycles. The summed E-state index contributed by atoms with van der Waals surface area (Å²) in [6.45, 7) is 7.31. The molecule has 0 atom stereocenters. The van der Waals surface area contributed by atoms with Gasteiger partial charge in [-0.2, -0.15) is 0 Å².